The van der Waals surface area contributed by atoms with Crippen molar-refractivity contribution in [3.63, 3.8) is 0 Å². The van der Waals surface area contributed by atoms with Crippen molar-refractivity contribution in [1.82, 2.24) is 20.1 Å². The minimum absolute atomic E-state index is 0.145. The van der Waals surface area contributed by atoms with Gasteiger partial charge in [-0.15, -0.1) is 0 Å². The molecule has 1 amide bonds. The first-order valence-electron chi connectivity index (χ1n) is 9.08. The first kappa shape index (κ1) is 15.9. The summed E-state index contributed by atoms with van der Waals surface area (Å²) in [5, 5.41) is 8.47. The van der Waals surface area contributed by atoms with E-state index < -0.39 is 0 Å². The Morgan fingerprint density at radius 1 is 1.32 bits per heavy atom. The zero-order chi connectivity index (χ0) is 17.2. The lowest BCUT2D eigenvalue weighted by molar-refractivity contribution is -0.135. The van der Waals surface area contributed by atoms with Gasteiger partial charge in [-0.1, -0.05) is 18.2 Å². The van der Waals surface area contributed by atoms with Crippen LogP contribution in [-0.2, 0) is 11.2 Å². The van der Waals surface area contributed by atoms with Gasteiger partial charge in [0.1, 0.15) is 0 Å². The first-order chi connectivity index (χ1) is 12.2. The number of aromatic amines is 2. The second kappa shape index (κ2) is 6.75. The van der Waals surface area contributed by atoms with Gasteiger partial charge in [-0.25, -0.2) is 0 Å². The molecule has 0 radical (unpaired) electrons. The number of hydrogen-bond acceptors (Lipinski definition) is 2. The third-order valence-electron chi connectivity index (χ3n) is 5.31. The summed E-state index contributed by atoms with van der Waals surface area (Å²) in [5.74, 6) is 0.240. The van der Waals surface area contributed by atoms with Gasteiger partial charge in [-0.05, 0) is 49.8 Å². The Balaban J connectivity index is 1.48. The largest absolute Gasteiger partial charge is 0.361 e. The van der Waals surface area contributed by atoms with Crippen molar-refractivity contribution < 1.29 is 4.79 Å². The molecule has 0 saturated carbocycles. The molecule has 4 rings (SSSR count). The van der Waals surface area contributed by atoms with E-state index in [1.54, 1.807) is 0 Å². The van der Waals surface area contributed by atoms with E-state index in [1.165, 1.54) is 10.9 Å². The third kappa shape index (κ3) is 3.06. The maximum absolute atomic E-state index is 12.9. The first-order valence-corrected chi connectivity index (χ1v) is 9.08. The molecule has 3 heterocycles. The van der Waals surface area contributed by atoms with Crippen LogP contribution in [0.25, 0.3) is 10.9 Å². The quantitative estimate of drug-likeness (QED) is 0.759. The minimum Gasteiger partial charge on any atom is -0.361 e. The smallest absolute Gasteiger partial charge is 0.223 e. The molecule has 1 fully saturated rings. The summed E-state index contributed by atoms with van der Waals surface area (Å²) in [6, 6.07) is 8.40. The normalized spacial score (nSPS) is 18.0. The number of aromatic nitrogens is 3. The number of H-pyrrole nitrogens is 2. The van der Waals surface area contributed by atoms with Gasteiger partial charge in [0.2, 0.25) is 5.91 Å². The van der Waals surface area contributed by atoms with E-state index in [9.17, 15) is 4.79 Å². The van der Waals surface area contributed by atoms with E-state index in [4.69, 9.17) is 0 Å². The molecule has 1 aliphatic rings. The molecule has 2 aromatic heterocycles. The van der Waals surface area contributed by atoms with Crippen LogP contribution in [0, 0.1) is 6.92 Å². The molecule has 1 unspecified atom stereocenters. The number of benzene rings is 1. The number of likely N-dealkylation sites (tertiary alicyclic amines) is 1. The lowest BCUT2D eigenvalue weighted by Gasteiger charge is -2.35. The summed E-state index contributed by atoms with van der Waals surface area (Å²) in [6.45, 7) is 2.90. The molecule has 0 aliphatic carbocycles. The zero-order valence-electron chi connectivity index (χ0n) is 14.6. The molecular formula is C20H24N4O. The number of amides is 1. The Morgan fingerprint density at radius 2 is 2.20 bits per heavy atom. The highest BCUT2D eigenvalue weighted by atomic mass is 16.2. The Kier molecular flexibility index (Phi) is 4.30. The Hall–Kier alpha value is -2.56. The fourth-order valence-electron chi connectivity index (χ4n) is 3.95. The summed E-state index contributed by atoms with van der Waals surface area (Å²) in [4.78, 5) is 18.3. The molecule has 3 aromatic rings. The highest BCUT2D eigenvalue weighted by molar-refractivity contribution is 5.84. The van der Waals surface area contributed by atoms with Crippen LogP contribution >= 0.6 is 0 Å². The Bertz CT molecular complexity index is 879. The molecule has 1 aromatic carbocycles. The molecule has 130 valence electrons. The van der Waals surface area contributed by atoms with Crippen molar-refractivity contribution >= 4 is 16.8 Å². The zero-order valence-corrected chi connectivity index (χ0v) is 14.6. The van der Waals surface area contributed by atoms with Crippen LogP contribution in [-0.4, -0.2) is 32.5 Å². The molecule has 1 aliphatic heterocycles. The van der Waals surface area contributed by atoms with Crippen LogP contribution in [0.5, 0.6) is 0 Å². The molecule has 1 saturated heterocycles. The maximum Gasteiger partial charge on any atom is 0.223 e. The van der Waals surface area contributed by atoms with E-state index in [-0.39, 0.29) is 11.9 Å². The monoisotopic (exact) mass is 336 g/mol. The van der Waals surface area contributed by atoms with Crippen molar-refractivity contribution in [2.45, 2.75) is 45.1 Å². The van der Waals surface area contributed by atoms with E-state index >= 15 is 0 Å². The third-order valence-corrected chi connectivity index (χ3v) is 5.31. The van der Waals surface area contributed by atoms with Gasteiger partial charge in [0.05, 0.1) is 17.9 Å². The summed E-state index contributed by atoms with van der Waals surface area (Å²) in [5.41, 5.74) is 4.59. The van der Waals surface area contributed by atoms with Gasteiger partial charge in [0, 0.05) is 30.1 Å². The average Bonchev–Trinajstić information content (AvgIpc) is 3.26. The van der Waals surface area contributed by atoms with Crippen molar-refractivity contribution in [2.24, 2.45) is 0 Å². The number of nitrogens with zero attached hydrogens (tertiary/aromatic N) is 2. The SMILES string of the molecule is Cc1cn[nH]c1C1CCCCN1C(=O)CCc1c[nH]c2ccccc12. The van der Waals surface area contributed by atoms with Gasteiger partial charge in [-0.3, -0.25) is 9.89 Å². The lowest BCUT2D eigenvalue weighted by atomic mass is 9.96. The molecule has 25 heavy (non-hydrogen) atoms. The summed E-state index contributed by atoms with van der Waals surface area (Å²) in [6.07, 6.45) is 8.46. The highest BCUT2D eigenvalue weighted by Gasteiger charge is 2.29. The minimum atomic E-state index is 0.145. The van der Waals surface area contributed by atoms with Gasteiger partial charge >= 0.3 is 0 Å². The number of carbonyl (C=O) groups is 1. The lowest BCUT2D eigenvalue weighted by Crippen LogP contribution is -2.39. The van der Waals surface area contributed by atoms with E-state index in [0.29, 0.717) is 6.42 Å². The predicted octanol–water partition coefficient (Wildman–Crippen LogP) is 3.89. The number of nitrogens with one attached hydrogen (secondary N) is 2. The number of rotatable bonds is 4. The number of fused-ring (bicyclic) bond motifs is 1. The fraction of sp³-hybridized carbons (Fsp3) is 0.400. The van der Waals surface area contributed by atoms with Crippen molar-refractivity contribution in [1.29, 1.82) is 0 Å². The Morgan fingerprint density at radius 3 is 3.04 bits per heavy atom. The van der Waals surface area contributed by atoms with Crippen LogP contribution in [0.15, 0.2) is 36.7 Å². The second-order valence-corrected chi connectivity index (χ2v) is 6.92. The summed E-state index contributed by atoms with van der Waals surface area (Å²) >= 11 is 0. The van der Waals surface area contributed by atoms with Crippen LogP contribution < -0.4 is 0 Å². The Labute approximate surface area is 147 Å². The van der Waals surface area contributed by atoms with Gasteiger partial charge < -0.3 is 9.88 Å². The summed E-state index contributed by atoms with van der Waals surface area (Å²) < 4.78 is 0. The van der Waals surface area contributed by atoms with Gasteiger partial charge in [-0.2, -0.15) is 5.10 Å². The van der Waals surface area contributed by atoms with Gasteiger partial charge in [0.15, 0.2) is 0 Å². The molecule has 1 atom stereocenters. The molecular weight excluding hydrogens is 312 g/mol. The van der Waals surface area contributed by atoms with Crippen LogP contribution in [0.3, 0.4) is 0 Å². The van der Waals surface area contributed by atoms with Crippen LogP contribution in [0.1, 0.15) is 48.5 Å². The highest BCUT2D eigenvalue weighted by Crippen LogP contribution is 2.32. The maximum atomic E-state index is 12.9. The summed E-state index contributed by atoms with van der Waals surface area (Å²) in [7, 11) is 0. The number of piperidine rings is 1. The van der Waals surface area contributed by atoms with Crippen molar-refractivity contribution in [3.05, 3.63) is 53.5 Å². The molecule has 5 heteroatoms. The molecule has 2 N–H and O–H groups in total. The van der Waals surface area contributed by atoms with Crippen molar-refractivity contribution in [3.8, 4) is 0 Å². The number of para-hydroxylation sites is 1. The van der Waals surface area contributed by atoms with E-state index in [2.05, 4.69) is 39.1 Å². The second-order valence-electron chi connectivity index (χ2n) is 6.92. The van der Waals surface area contributed by atoms with Crippen LogP contribution in [0.4, 0.5) is 0 Å². The molecule has 0 spiro atoms. The fourth-order valence-corrected chi connectivity index (χ4v) is 3.95. The van der Waals surface area contributed by atoms with Crippen molar-refractivity contribution in [2.75, 3.05) is 6.54 Å². The van der Waals surface area contributed by atoms with E-state index in [0.717, 1.165) is 49.0 Å². The standard InChI is InChI=1S/C20H24N4O/c1-14-12-22-23-20(14)18-8-4-5-11-24(18)19(25)10-9-15-13-21-17-7-3-2-6-16(15)17/h2-3,6-7,12-13,18,21H,4-5,8-11H2,1H3,(H,22,23). The van der Waals surface area contributed by atoms with Crippen LogP contribution in [0.2, 0.25) is 0 Å². The number of hydrogen-bond donors (Lipinski definition) is 2. The number of carbonyl (C=O) groups excluding carboxylic acids is 1. The van der Waals surface area contributed by atoms with Gasteiger partial charge in [0.25, 0.3) is 0 Å². The topological polar surface area (TPSA) is 64.8 Å². The average molecular weight is 336 g/mol. The molecule has 5 nitrogen and oxygen atoms in total. The number of aryl methyl sites for hydroxylation is 2. The predicted molar refractivity (Wildman–Crippen MR) is 98.2 cm³/mol. The molecule has 0 bridgehead atoms. The van der Waals surface area contributed by atoms with E-state index in [1.807, 2.05) is 24.5 Å².